The lowest BCUT2D eigenvalue weighted by atomic mass is 10.7. The van der Waals surface area contributed by atoms with Crippen molar-refractivity contribution in [2.75, 3.05) is 13.2 Å². The summed E-state index contributed by atoms with van der Waals surface area (Å²) in [7, 11) is 0. The van der Waals surface area contributed by atoms with Gasteiger partial charge in [0.15, 0.2) is 0 Å². The molecule has 0 aromatic heterocycles. The lowest BCUT2D eigenvalue weighted by Gasteiger charge is -1.78. The number of hydrogen-bond acceptors (Lipinski definition) is 4. The fourth-order valence-corrected chi connectivity index (χ4v) is 0.292. The van der Waals surface area contributed by atoms with Crippen LogP contribution in [0.2, 0.25) is 0 Å². The summed E-state index contributed by atoms with van der Waals surface area (Å²) < 4.78 is 8.58. The van der Waals surface area contributed by atoms with Gasteiger partial charge < -0.3 is 14.6 Å². The van der Waals surface area contributed by atoms with Crippen LogP contribution in [0.1, 0.15) is 0 Å². The van der Waals surface area contributed by atoms with Crippen LogP contribution in [-0.4, -0.2) is 30.4 Å². The lowest BCUT2D eigenvalue weighted by molar-refractivity contribution is -0.131. The first-order valence-corrected chi connectivity index (χ1v) is 3.31. The summed E-state index contributed by atoms with van der Waals surface area (Å²) >= 11 is 0. The third-order valence-electron chi connectivity index (χ3n) is 0.698. The number of cyclic esters (lactones) is 2. The van der Waals surface area contributed by atoms with Gasteiger partial charge in [-0.05, 0) is 0 Å². The van der Waals surface area contributed by atoms with Crippen molar-refractivity contribution >= 4 is 12.1 Å². The quantitative estimate of drug-likeness (QED) is 0.380. The topological polar surface area (TPSA) is 72.8 Å². The number of aliphatic carboxylic acids is 1. The number of carbonyl (C=O) groups excluding carboxylic acids is 1. The molecule has 74 valence electrons. The first-order chi connectivity index (χ1) is 6.16. The van der Waals surface area contributed by atoms with Gasteiger partial charge >= 0.3 is 12.1 Å². The molecule has 1 heterocycles. The van der Waals surface area contributed by atoms with E-state index in [2.05, 4.69) is 29.2 Å². The van der Waals surface area contributed by atoms with E-state index in [9.17, 15) is 9.59 Å². The first-order valence-electron chi connectivity index (χ1n) is 3.31. The molecule has 0 spiro atoms. The molecule has 13 heavy (non-hydrogen) atoms. The van der Waals surface area contributed by atoms with Crippen LogP contribution in [0.4, 0.5) is 4.79 Å². The Kier molecular flexibility index (Phi) is 10.8. The second-order valence-electron chi connectivity index (χ2n) is 1.49. The molecule has 0 unspecified atom stereocenters. The van der Waals surface area contributed by atoms with Crippen molar-refractivity contribution < 1.29 is 24.2 Å². The maximum absolute atomic E-state index is 9.80. The number of hydrogen-bond donors (Lipinski definition) is 1. The number of ether oxygens (including phenoxy) is 2. The molecular formula is C8H12O5. The summed E-state index contributed by atoms with van der Waals surface area (Å²) in [6.45, 7) is 9.79. The van der Waals surface area contributed by atoms with Gasteiger partial charge in [0, 0.05) is 6.08 Å². The second-order valence-corrected chi connectivity index (χ2v) is 1.49. The Bertz CT molecular complexity index is 167. The molecule has 0 radical (unpaired) electrons. The normalized spacial score (nSPS) is 11.8. The standard InChI is InChI=1S/C3H4O3.C3H4O2.C2H4/c4-3-5-1-2-6-3;1-2-3(4)5;1-2/h1-2H2;2H,1H2,(H,4,5);1-2H2. The van der Waals surface area contributed by atoms with Gasteiger partial charge in [-0.1, -0.05) is 6.58 Å². The minimum absolute atomic E-state index is 0.416. The van der Waals surface area contributed by atoms with E-state index >= 15 is 0 Å². The van der Waals surface area contributed by atoms with Crippen LogP contribution in [0.25, 0.3) is 0 Å². The summed E-state index contributed by atoms with van der Waals surface area (Å²) in [5.41, 5.74) is 0. The molecule has 0 aromatic rings. The Morgan fingerprint density at radius 3 is 1.77 bits per heavy atom. The number of rotatable bonds is 1. The number of carbonyl (C=O) groups is 2. The van der Waals surface area contributed by atoms with Gasteiger partial charge in [0.05, 0.1) is 0 Å². The maximum atomic E-state index is 9.80. The second kappa shape index (κ2) is 10.2. The summed E-state index contributed by atoms with van der Waals surface area (Å²) in [4.78, 5) is 19.0. The molecule has 0 bridgehead atoms. The molecule has 0 atom stereocenters. The van der Waals surface area contributed by atoms with Crippen molar-refractivity contribution in [3.05, 3.63) is 25.8 Å². The molecule has 0 saturated carbocycles. The predicted octanol–water partition coefficient (Wildman–Crippen LogP) is 1.21. The van der Waals surface area contributed by atoms with Gasteiger partial charge in [0.25, 0.3) is 0 Å². The minimum atomic E-state index is -0.981. The van der Waals surface area contributed by atoms with Crippen LogP contribution >= 0.6 is 0 Å². The van der Waals surface area contributed by atoms with E-state index in [1.54, 1.807) is 0 Å². The summed E-state index contributed by atoms with van der Waals surface area (Å²) in [5, 5.41) is 7.60. The minimum Gasteiger partial charge on any atom is -0.478 e. The van der Waals surface area contributed by atoms with Crippen molar-refractivity contribution in [2.45, 2.75) is 0 Å². The third-order valence-corrected chi connectivity index (χ3v) is 0.698. The summed E-state index contributed by atoms with van der Waals surface area (Å²) in [6, 6.07) is 0. The Hall–Kier alpha value is -1.78. The van der Waals surface area contributed by atoms with E-state index in [4.69, 9.17) is 5.11 Å². The van der Waals surface area contributed by atoms with Crippen molar-refractivity contribution in [1.29, 1.82) is 0 Å². The van der Waals surface area contributed by atoms with Crippen molar-refractivity contribution in [1.82, 2.24) is 0 Å². The summed E-state index contributed by atoms with van der Waals surface area (Å²) in [6.07, 6.45) is 0.287. The van der Waals surface area contributed by atoms with Gasteiger partial charge in [-0.3, -0.25) is 0 Å². The molecule has 1 aliphatic heterocycles. The van der Waals surface area contributed by atoms with Crippen molar-refractivity contribution in [3.63, 3.8) is 0 Å². The van der Waals surface area contributed by atoms with E-state index in [-0.39, 0.29) is 0 Å². The van der Waals surface area contributed by atoms with Gasteiger partial charge in [-0.2, -0.15) is 0 Å². The molecule has 5 heteroatoms. The molecule has 1 aliphatic rings. The molecule has 1 rings (SSSR count). The molecule has 1 fully saturated rings. The molecule has 0 amide bonds. The Balaban J connectivity index is 0. The van der Waals surface area contributed by atoms with Gasteiger partial charge in [0.2, 0.25) is 0 Å². The molecule has 0 aromatic carbocycles. The van der Waals surface area contributed by atoms with Gasteiger partial charge in [-0.25, -0.2) is 9.59 Å². The molecule has 0 aliphatic carbocycles. The van der Waals surface area contributed by atoms with Crippen LogP contribution in [-0.2, 0) is 14.3 Å². The van der Waals surface area contributed by atoms with Crippen LogP contribution in [0, 0.1) is 0 Å². The highest BCUT2D eigenvalue weighted by atomic mass is 16.8. The fraction of sp³-hybridized carbons (Fsp3) is 0.250. The van der Waals surface area contributed by atoms with E-state index in [0.717, 1.165) is 6.08 Å². The van der Waals surface area contributed by atoms with Gasteiger partial charge in [-0.15, -0.1) is 13.2 Å². The van der Waals surface area contributed by atoms with Crippen molar-refractivity contribution in [2.24, 2.45) is 0 Å². The van der Waals surface area contributed by atoms with Crippen LogP contribution in [0.3, 0.4) is 0 Å². The zero-order valence-corrected chi connectivity index (χ0v) is 7.19. The molecule has 5 nitrogen and oxygen atoms in total. The predicted molar refractivity (Wildman–Crippen MR) is 46.4 cm³/mol. The molecular weight excluding hydrogens is 176 g/mol. The highest BCUT2D eigenvalue weighted by Crippen LogP contribution is 1.92. The Morgan fingerprint density at radius 1 is 1.38 bits per heavy atom. The Morgan fingerprint density at radius 2 is 1.69 bits per heavy atom. The van der Waals surface area contributed by atoms with E-state index in [0.29, 0.717) is 13.2 Å². The zero-order valence-electron chi connectivity index (χ0n) is 7.19. The van der Waals surface area contributed by atoms with Crippen molar-refractivity contribution in [3.8, 4) is 0 Å². The number of carboxylic acids is 1. The smallest absolute Gasteiger partial charge is 0.478 e. The lowest BCUT2D eigenvalue weighted by Crippen LogP contribution is -1.88. The monoisotopic (exact) mass is 188 g/mol. The highest BCUT2D eigenvalue weighted by molar-refractivity contribution is 5.78. The average Bonchev–Trinajstić information content (AvgIpc) is 2.60. The van der Waals surface area contributed by atoms with Crippen LogP contribution in [0.15, 0.2) is 25.8 Å². The van der Waals surface area contributed by atoms with Crippen LogP contribution in [0.5, 0.6) is 0 Å². The maximum Gasteiger partial charge on any atom is 0.508 e. The van der Waals surface area contributed by atoms with E-state index in [1.165, 1.54) is 0 Å². The van der Waals surface area contributed by atoms with E-state index < -0.39 is 12.1 Å². The van der Waals surface area contributed by atoms with Gasteiger partial charge in [0.1, 0.15) is 13.2 Å². The third kappa shape index (κ3) is 13.2. The first kappa shape index (κ1) is 13.8. The summed E-state index contributed by atoms with van der Waals surface area (Å²) in [5.74, 6) is -0.981. The van der Waals surface area contributed by atoms with Crippen LogP contribution < -0.4 is 0 Å². The Labute approximate surface area is 76.3 Å². The fourth-order valence-electron chi connectivity index (χ4n) is 0.292. The highest BCUT2D eigenvalue weighted by Gasteiger charge is 2.09. The average molecular weight is 188 g/mol. The number of carboxylic acid groups (broad SMARTS) is 1. The molecule has 1 saturated heterocycles. The zero-order chi connectivity index (χ0) is 10.7. The SMILES string of the molecule is C=C.C=CC(=O)O.O=C1OCCO1. The van der Waals surface area contributed by atoms with E-state index in [1.807, 2.05) is 0 Å². The molecule has 1 N–H and O–H groups in total. The largest absolute Gasteiger partial charge is 0.508 e.